The van der Waals surface area contributed by atoms with Gasteiger partial charge in [0.25, 0.3) is 0 Å². The number of nitrogens with zero attached hydrogens (tertiary/aromatic N) is 5. The molecule has 3 aromatic rings. The highest BCUT2D eigenvalue weighted by molar-refractivity contribution is 6.32. The van der Waals surface area contributed by atoms with Crippen LogP contribution in [0.3, 0.4) is 0 Å². The van der Waals surface area contributed by atoms with Crippen molar-refractivity contribution in [3.63, 3.8) is 0 Å². The van der Waals surface area contributed by atoms with Gasteiger partial charge in [0.2, 0.25) is 5.95 Å². The van der Waals surface area contributed by atoms with Crippen molar-refractivity contribution in [2.45, 2.75) is 0 Å². The number of likely N-dealkylation sites (N-methyl/N-ethyl adjacent to an activating group) is 2. The third-order valence-electron chi connectivity index (χ3n) is 4.77. The molecule has 0 radical (unpaired) electrons. The molecular formula is C22H28ClN7O3. The monoisotopic (exact) mass is 473 g/mol. The Balaban J connectivity index is 1.79. The number of aromatic nitrogens is 3. The third-order valence-corrected chi connectivity index (χ3v) is 5.08. The average molecular weight is 474 g/mol. The van der Waals surface area contributed by atoms with Gasteiger partial charge in [-0.3, -0.25) is 0 Å². The molecule has 0 aliphatic rings. The topological polar surface area (TPSA) is 111 Å². The fraction of sp³-hybridized carbons (Fsp3) is 0.318. The normalized spacial score (nSPS) is 10.8. The van der Waals surface area contributed by atoms with Crippen LogP contribution in [0, 0.1) is 0 Å². The zero-order chi connectivity index (χ0) is 24.0. The van der Waals surface area contributed by atoms with Crippen LogP contribution in [0.1, 0.15) is 0 Å². The molecule has 0 amide bonds. The number of nitrogens with one attached hydrogen (secondary N) is 1. The number of ether oxygens (including phenoxy) is 3. The molecule has 0 saturated carbocycles. The summed E-state index contributed by atoms with van der Waals surface area (Å²) in [4.78, 5) is 16.7. The van der Waals surface area contributed by atoms with Gasteiger partial charge in [-0.15, -0.1) is 0 Å². The highest BCUT2D eigenvalue weighted by Gasteiger charge is 2.14. The summed E-state index contributed by atoms with van der Waals surface area (Å²) in [6, 6.07) is 8.77. The number of methoxy groups -OCH3 is 2. The largest absolute Gasteiger partial charge is 0.495 e. The van der Waals surface area contributed by atoms with Crippen LogP contribution >= 0.6 is 11.6 Å². The number of nitrogens with two attached hydrogens (primary N) is 1. The molecule has 0 unspecified atom stereocenters. The fourth-order valence-corrected chi connectivity index (χ4v) is 3.17. The van der Waals surface area contributed by atoms with Crippen molar-refractivity contribution in [1.82, 2.24) is 19.9 Å². The minimum Gasteiger partial charge on any atom is -0.495 e. The first-order valence-electron chi connectivity index (χ1n) is 10.1. The van der Waals surface area contributed by atoms with Gasteiger partial charge < -0.3 is 35.1 Å². The smallest absolute Gasteiger partial charge is 0.326 e. The summed E-state index contributed by atoms with van der Waals surface area (Å²) >= 11 is 6.06. The molecule has 0 spiro atoms. The Labute approximate surface area is 198 Å². The molecule has 33 heavy (non-hydrogen) atoms. The van der Waals surface area contributed by atoms with E-state index in [0.717, 1.165) is 18.8 Å². The fourth-order valence-electron chi connectivity index (χ4n) is 2.97. The van der Waals surface area contributed by atoms with Crippen LogP contribution in [-0.2, 0) is 0 Å². The highest BCUT2D eigenvalue weighted by Crippen LogP contribution is 2.36. The molecule has 0 saturated heterocycles. The molecule has 3 N–H and O–H groups in total. The summed E-state index contributed by atoms with van der Waals surface area (Å²) in [5.41, 5.74) is 8.41. The standard InChI is InChI=1S/C22H28ClN7O3/c1-29(2)8-9-30(3)18-12-20(32-5)17(11-16(18)24)27-21-25-13-26-22(28-21)33-14-6-7-15(23)19(10-14)31-4/h6-7,10-13H,8-9,24H2,1-5H3,(H,25,26,27,28). The van der Waals surface area contributed by atoms with E-state index in [1.807, 2.05) is 27.2 Å². The lowest BCUT2D eigenvalue weighted by atomic mass is 10.2. The van der Waals surface area contributed by atoms with E-state index < -0.39 is 0 Å². The molecule has 2 aromatic carbocycles. The van der Waals surface area contributed by atoms with Gasteiger partial charge in [0.15, 0.2) is 0 Å². The summed E-state index contributed by atoms with van der Waals surface area (Å²) in [6.45, 7) is 1.71. The van der Waals surface area contributed by atoms with Gasteiger partial charge in [-0.05, 0) is 32.3 Å². The van der Waals surface area contributed by atoms with Crippen molar-refractivity contribution in [2.24, 2.45) is 0 Å². The summed E-state index contributed by atoms with van der Waals surface area (Å²) in [5, 5.41) is 3.59. The van der Waals surface area contributed by atoms with Crippen LogP contribution in [0.5, 0.6) is 23.3 Å². The van der Waals surface area contributed by atoms with Crippen molar-refractivity contribution in [2.75, 3.05) is 64.4 Å². The Kier molecular flexibility index (Phi) is 7.96. The lowest BCUT2D eigenvalue weighted by Gasteiger charge is -2.24. The molecule has 1 heterocycles. The Bertz CT molecular complexity index is 1100. The minimum atomic E-state index is 0.101. The van der Waals surface area contributed by atoms with Gasteiger partial charge in [0.05, 0.1) is 36.3 Å². The Morgan fingerprint density at radius 2 is 1.76 bits per heavy atom. The first-order chi connectivity index (χ1) is 15.8. The Morgan fingerprint density at radius 3 is 2.45 bits per heavy atom. The SMILES string of the molecule is COc1cc(Oc2ncnc(Nc3cc(N)c(N(C)CCN(C)C)cc3OC)n2)ccc1Cl. The molecule has 0 bridgehead atoms. The van der Waals surface area contributed by atoms with Crippen LogP contribution in [0.2, 0.25) is 5.02 Å². The predicted octanol–water partition coefficient (Wildman–Crippen LogP) is 3.66. The van der Waals surface area contributed by atoms with Gasteiger partial charge >= 0.3 is 6.01 Å². The number of hydrogen-bond donors (Lipinski definition) is 2. The molecule has 0 fully saturated rings. The molecule has 10 nitrogen and oxygen atoms in total. The van der Waals surface area contributed by atoms with E-state index in [9.17, 15) is 0 Å². The van der Waals surface area contributed by atoms with Gasteiger partial charge in [0, 0.05) is 32.3 Å². The number of nitrogen functional groups attached to an aromatic ring is 1. The first kappa shape index (κ1) is 24.1. The minimum absolute atomic E-state index is 0.101. The zero-order valence-electron chi connectivity index (χ0n) is 19.3. The van der Waals surface area contributed by atoms with E-state index in [0.29, 0.717) is 33.6 Å². The number of benzene rings is 2. The van der Waals surface area contributed by atoms with Crippen molar-refractivity contribution < 1.29 is 14.2 Å². The lowest BCUT2D eigenvalue weighted by Crippen LogP contribution is -2.29. The van der Waals surface area contributed by atoms with E-state index in [2.05, 4.69) is 30.1 Å². The second-order valence-electron chi connectivity index (χ2n) is 7.45. The Morgan fingerprint density at radius 1 is 1.00 bits per heavy atom. The van der Waals surface area contributed by atoms with Gasteiger partial charge in [-0.25, -0.2) is 4.98 Å². The van der Waals surface area contributed by atoms with Crippen molar-refractivity contribution in [1.29, 1.82) is 0 Å². The van der Waals surface area contributed by atoms with Crippen LogP contribution in [-0.4, -0.2) is 68.3 Å². The molecule has 1 aromatic heterocycles. The number of anilines is 4. The van der Waals surface area contributed by atoms with Gasteiger partial charge in [-0.2, -0.15) is 9.97 Å². The Hall–Kier alpha value is -3.50. The molecule has 0 aliphatic carbocycles. The van der Waals surface area contributed by atoms with E-state index in [4.69, 9.17) is 31.5 Å². The van der Waals surface area contributed by atoms with Crippen LogP contribution in [0.25, 0.3) is 0 Å². The average Bonchev–Trinajstić information content (AvgIpc) is 2.79. The second kappa shape index (κ2) is 10.9. The summed E-state index contributed by atoms with van der Waals surface area (Å²) < 4.78 is 16.5. The molecular weight excluding hydrogens is 446 g/mol. The quantitative estimate of drug-likeness (QED) is 0.423. The number of halogens is 1. The number of rotatable bonds is 10. The summed E-state index contributed by atoms with van der Waals surface area (Å²) in [5.74, 6) is 1.83. The second-order valence-corrected chi connectivity index (χ2v) is 7.86. The maximum atomic E-state index is 6.33. The van der Waals surface area contributed by atoms with Crippen molar-refractivity contribution in [3.8, 4) is 23.3 Å². The lowest BCUT2D eigenvalue weighted by molar-refractivity contribution is 0.404. The molecule has 11 heteroatoms. The van der Waals surface area contributed by atoms with Crippen molar-refractivity contribution >= 4 is 34.6 Å². The van der Waals surface area contributed by atoms with Crippen molar-refractivity contribution in [3.05, 3.63) is 41.7 Å². The molecule has 176 valence electrons. The van der Waals surface area contributed by atoms with E-state index >= 15 is 0 Å². The predicted molar refractivity (Wildman–Crippen MR) is 130 cm³/mol. The van der Waals surface area contributed by atoms with Crippen LogP contribution < -0.4 is 30.2 Å². The molecule has 0 atom stereocenters. The van der Waals surface area contributed by atoms with Crippen LogP contribution in [0.4, 0.5) is 23.0 Å². The zero-order valence-corrected chi connectivity index (χ0v) is 20.1. The van der Waals surface area contributed by atoms with E-state index in [1.54, 1.807) is 31.4 Å². The van der Waals surface area contributed by atoms with Gasteiger partial charge in [-0.1, -0.05) is 11.6 Å². The first-order valence-corrected chi connectivity index (χ1v) is 10.5. The maximum absolute atomic E-state index is 6.33. The van der Waals surface area contributed by atoms with Gasteiger partial charge in [0.1, 0.15) is 23.6 Å². The van der Waals surface area contributed by atoms with E-state index in [-0.39, 0.29) is 12.0 Å². The highest BCUT2D eigenvalue weighted by atomic mass is 35.5. The summed E-state index contributed by atoms with van der Waals surface area (Å²) in [6.07, 6.45) is 1.34. The third kappa shape index (κ3) is 6.27. The van der Waals surface area contributed by atoms with E-state index in [1.165, 1.54) is 13.4 Å². The molecule has 0 aliphatic heterocycles. The summed E-state index contributed by atoms with van der Waals surface area (Å²) in [7, 11) is 9.17. The maximum Gasteiger partial charge on any atom is 0.326 e. The number of hydrogen-bond acceptors (Lipinski definition) is 10. The molecule has 3 rings (SSSR count). The van der Waals surface area contributed by atoms with Crippen LogP contribution in [0.15, 0.2) is 36.7 Å².